The number of para-hydroxylation sites is 4. The highest BCUT2D eigenvalue weighted by molar-refractivity contribution is 5.97. The Kier molecular flexibility index (Phi) is 4.03. The van der Waals surface area contributed by atoms with Gasteiger partial charge in [0, 0.05) is 0 Å². The first-order chi connectivity index (χ1) is 13.1. The molecule has 1 aliphatic heterocycles. The van der Waals surface area contributed by atoms with Gasteiger partial charge in [-0.05, 0) is 47.9 Å². The predicted octanol–water partition coefficient (Wildman–Crippen LogP) is 6.08. The quantitative estimate of drug-likeness (QED) is 0.476. The molecule has 4 rings (SSSR count). The lowest BCUT2D eigenvalue weighted by molar-refractivity contribution is 0.861. The summed E-state index contributed by atoms with van der Waals surface area (Å²) in [5.41, 5.74) is 6.62. The van der Waals surface area contributed by atoms with Crippen molar-refractivity contribution in [3.63, 3.8) is 0 Å². The second-order valence-corrected chi connectivity index (χ2v) is 6.83. The molecule has 0 unspecified atom stereocenters. The first-order valence-electron chi connectivity index (χ1n) is 8.87. The van der Waals surface area contributed by atoms with E-state index in [9.17, 15) is 10.5 Å². The fourth-order valence-corrected chi connectivity index (χ4v) is 3.54. The number of anilines is 5. The zero-order valence-electron chi connectivity index (χ0n) is 15.2. The van der Waals surface area contributed by atoms with Crippen molar-refractivity contribution < 1.29 is 0 Å². The van der Waals surface area contributed by atoms with Gasteiger partial charge in [-0.2, -0.15) is 10.5 Å². The zero-order chi connectivity index (χ0) is 19.0. The van der Waals surface area contributed by atoms with Gasteiger partial charge < -0.3 is 10.2 Å². The first-order valence-corrected chi connectivity index (χ1v) is 8.87. The third-order valence-corrected chi connectivity index (χ3v) is 4.83. The van der Waals surface area contributed by atoms with Crippen molar-refractivity contribution in [1.29, 1.82) is 10.5 Å². The van der Waals surface area contributed by atoms with Gasteiger partial charge in [0.25, 0.3) is 0 Å². The Balaban J connectivity index is 2.02. The first kappa shape index (κ1) is 16.7. The third-order valence-electron chi connectivity index (χ3n) is 4.83. The Morgan fingerprint density at radius 3 is 1.85 bits per heavy atom. The maximum absolute atomic E-state index is 9.84. The van der Waals surface area contributed by atoms with E-state index in [-0.39, 0.29) is 5.92 Å². The van der Waals surface area contributed by atoms with E-state index in [1.54, 1.807) is 0 Å². The van der Waals surface area contributed by atoms with Crippen molar-refractivity contribution in [3.8, 4) is 12.1 Å². The van der Waals surface area contributed by atoms with Crippen LogP contribution in [-0.2, 0) is 0 Å². The smallest absolute Gasteiger partial charge is 0.101 e. The van der Waals surface area contributed by atoms with E-state index >= 15 is 0 Å². The molecular formula is C23H18N4. The number of nitriles is 2. The lowest BCUT2D eigenvalue weighted by Crippen LogP contribution is -2.19. The van der Waals surface area contributed by atoms with E-state index in [4.69, 9.17) is 0 Å². The SMILES string of the molecule is CC(C)c1cc(C#N)c(N2c3ccccc3Nc3ccccc32)cc1C#N. The monoisotopic (exact) mass is 350 g/mol. The van der Waals surface area contributed by atoms with Crippen LogP contribution in [0.5, 0.6) is 0 Å². The highest BCUT2D eigenvalue weighted by Crippen LogP contribution is 2.48. The molecule has 27 heavy (non-hydrogen) atoms. The molecule has 0 bridgehead atoms. The molecule has 0 aliphatic carbocycles. The molecule has 4 nitrogen and oxygen atoms in total. The molecule has 1 heterocycles. The lowest BCUT2D eigenvalue weighted by Gasteiger charge is -2.34. The molecule has 0 saturated carbocycles. The number of nitrogens with zero attached hydrogens (tertiary/aromatic N) is 3. The van der Waals surface area contributed by atoms with Crippen LogP contribution in [0, 0.1) is 22.7 Å². The second-order valence-electron chi connectivity index (χ2n) is 6.83. The maximum Gasteiger partial charge on any atom is 0.101 e. The lowest BCUT2D eigenvalue weighted by atomic mass is 9.93. The van der Waals surface area contributed by atoms with Gasteiger partial charge in [-0.25, -0.2) is 0 Å². The minimum atomic E-state index is 0.170. The number of nitrogens with one attached hydrogen (secondary N) is 1. The van der Waals surface area contributed by atoms with E-state index in [1.807, 2.05) is 74.5 Å². The fourth-order valence-electron chi connectivity index (χ4n) is 3.54. The Hall–Kier alpha value is -3.76. The standard InChI is InChI=1S/C23H18N4/c1-15(2)18-11-17(14-25)23(12-16(18)13-24)27-21-9-5-3-7-19(21)26-20-8-4-6-10-22(20)27/h3-12,15,26H,1-2H3. The van der Waals surface area contributed by atoms with Crippen molar-refractivity contribution in [2.75, 3.05) is 10.2 Å². The highest BCUT2D eigenvalue weighted by atomic mass is 15.2. The molecule has 130 valence electrons. The molecular weight excluding hydrogens is 332 g/mol. The van der Waals surface area contributed by atoms with Crippen LogP contribution in [-0.4, -0.2) is 0 Å². The van der Waals surface area contributed by atoms with Crippen molar-refractivity contribution in [2.45, 2.75) is 19.8 Å². The van der Waals surface area contributed by atoms with Crippen LogP contribution in [0.4, 0.5) is 28.4 Å². The van der Waals surface area contributed by atoms with Crippen LogP contribution >= 0.6 is 0 Å². The molecule has 0 saturated heterocycles. The number of fused-ring (bicyclic) bond motifs is 2. The van der Waals surface area contributed by atoms with Crippen LogP contribution in [0.1, 0.15) is 36.5 Å². The molecule has 3 aromatic carbocycles. The third kappa shape index (κ3) is 2.69. The summed E-state index contributed by atoms with van der Waals surface area (Å²) in [6.45, 7) is 4.07. The van der Waals surface area contributed by atoms with Gasteiger partial charge in [-0.3, -0.25) is 0 Å². The fraction of sp³-hybridized carbons (Fsp3) is 0.130. The largest absolute Gasteiger partial charge is 0.352 e. The topological polar surface area (TPSA) is 62.9 Å². The predicted molar refractivity (Wildman–Crippen MR) is 108 cm³/mol. The van der Waals surface area contributed by atoms with Gasteiger partial charge >= 0.3 is 0 Å². The van der Waals surface area contributed by atoms with E-state index in [0.717, 1.165) is 34.0 Å². The molecule has 0 radical (unpaired) electrons. The number of hydrogen-bond acceptors (Lipinski definition) is 4. The average Bonchev–Trinajstić information content (AvgIpc) is 2.70. The van der Waals surface area contributed by atoms with Crippen LogP contribution in [0.2, 0.25) is 0 Å². The number of rotatable bonds is 2. The summed E-state index contributed by atoms with van der Waals surface area (Å²) < 4.78 is 0. The summed E-state index contributed by atoms with van der Waals surface area (Å²) in [6.07, 6.45) is 0. The summed E-state index contributed by atoms with van der Waals surface area (Å²) in [5, 5.41) is 23.0. The van der Waals surface area contributed by atoms with Crippen LogP contribution in [0.15, 0.2) is 60.7 Å². The molecule has 1 aliphatic rings. The zero-order valence-corrected chi connectivity index (χ0v) is 15.2. The highest BCUT2D eigenvalue weighted by Gasteiger charge is 2.26. The maximum atomic E-state index is 9.84. The Morgan fingerprint density at radius 1 is 0.778 bits per heavy atom. The molecule has 0 spiro atoms. The van der Waals surface area contributed by atoms with Gasteiger partial charge in [0.05, 0.1) is 45.6 Å². The van der Waals surface area contributed by atoms with Crippen molar-refractivity contribution in [2.24, 2.45) is 0 Å². The van der Waals surface area contributed by atoms with Crippen LogP contribution in [0.3, 0.4) is 0 Å². The number of benzene rings is 3. The summed E-state index contributed by atoms with van der Waals surface area (Å²) in [6, 6.07) is 24.3. The second kappa shape index (κ2) is 6.52. The normalized spacial score (nSPS) is 11.8. The van der Waals surface area contributed by atoms with Crippen molar-refractivity contribution >= 4 is 28.4 Å². The number of hydrogen-bond donors (Lipinski definition) is 1. The molecule has 0 atom stereocenters. The Labute approximate surface area is 158 Å². The molecule has 3 aromatic rings. The van der Waals surface area contributed by atoms with Gasteiger partial charge in [0.1, 0.15) is 6.07 Å². The minimum Gasteiger partial charge on any atom is -0.352 e. The van der Waals surface area contributed by atoms with Gasteiger partial charge in [0.2, 0.25) is 0 Å². The molecule has 0 aromatic heterocycles. The van der Waals surface area contributed by atoms with Crippen LogP contribution in [0.25, 0.3) is 0 Å². The van der Waals surface area contributed by atoms with Crippen molar-refractivity contribution in [3.05, 3.63) is 77.4 Å². The van der Waals surface area contributed by atoms with Crippen molar-refractivity contribution in [1.82, 2.24) is 0 Å². The summed E-state index contributed by atoms with van der Waals surface area (Å²) >= 11 is 0. The average molecular weight is 350 g/mol. The Morgan fingerprint density at radius 2 is 1.33 bits per heavy atom. The minimum absolute atomic E-state index is 0.170. The van der Waals surface area contributed by atoms with Gasteiger partial charge in [0.15, 0.2) is 0 Å². The van der Waals surface area contributed by atoms with E-state index < -0.39 is 0 Å². The molecule has 1 N–H and O–H groups in total. The summed E-state index contributed by atoms with van der Waals surface area (Å²) in [5.74, 6) is 0.170. The van der Waals surface area contributed by atoms with Gasteiger partial charge in [-0.15, -0.1) is 0 Å². The van der Waals surface area contributed by atoms with Crippen LogP contribution < -0.4 is 10.2 Å². The van der Waals surface area contributed by atoms with Gasteiger partial charge in [-0.1, -0.05) is 38.1 Å². The van der Waals surface area contributed by atoms with E-state index in [1.165, 1.54) is 0 Å². The molecule has 0 amide bonds. The molecule has 0 fully saturated rings. The van der Waals surface area contributed by atoms with E-state index in [2.05, 4.69) is 22.4 Å². The molecule has 4 heteroatoms. The Bertz CT molecular complexity index is 1070. The summed E-state index contributed by atoms with van der Waals surface area (Å²) in [4.78, 5) is 2.06. The van der Waals surface area contributed by atoms with E-state index in [0.29, 0.717) is 11.1 Å². The summed E-state index contributed by atoms with van der Waals surface area (Å²) in [7, 11) is 0.